The molecule has 0 radical (unpaired) electrons. The van der Waals surface area contributed by atoms with E-state index in [2.05, 4.69) is 43.4 Å². The lowest BCUT2D eigenvalue weighted by atomic mass is 10.0. The lowest BCUT2D eigenvalue weighted by Crippen LogP contribution is -2.31. The summed E-state index contributed by atoms with van der Waals surface area (Å²) >= 11 is 7.43. The van der Waals surface area contributed by atoms with Gasteiger partial charge in [0.2, 0.25) is 5.91 Å². The van der Waals surface area contributed by atoms with Gasteiger partial charge in [-0.15, -0.1) is 11.8 Å². The topological polar surface area (TPSA) is 29.1 Å². The van der Waals surface area contributed by atoms with Gasteiger partial charge in [0.1, 0.15) is 0 Å². The van der Waals surface area contributed by atoms with Crippen LogP contribution in [0, 0.1) is 0 Å². The van der Waals surface area contributed by atoms with Crippen molar-refractivity contribution in [3.63, 3.8) is 0 Å². The van der Waals surface area contributed by atoms with Crippen LogP contribution in [0.25, 0.3) is 0 Å². The zero-order valence-electron chi connectivity index (χ0n) is 15.1. The van der Waals surface area contributed by atoms with Crippen LogP contribution in [-0.4, -0.2) is 17.7 Å². The fraction of sp³-hybridized carbons (Fsp3) is 0.381. The first kappa shape index (κ1) is 19.9. The van der Waals surface area contributed by atoms with Gasteiger partial charge >= 0.3 is 0 Å². The molecule has 1 N–H and O–H groups in total. The molecule has 0 saturated carbocycles. The highest BCUT2D eigenvalue weighted by Crippen LogP contribution is 2.24. The molecule has 0 aliphatic rings. The smallest absolute Gasteiger partial charge is 0.233 e. The van der Waals surface area contributed by atoms with E-state index in [0.29, 0.717) is 17.5 Å². The van der Waals surface area contributed by atoms with Gasteiger partial charge in [-0.3, -0.25) is 4.79 Å². The second-order valence-electron chi connectivity index (χ2n) is 6.50. The van der Waals surface area contributed by atoms with Crippen molar-refractivity contribution in [1.29, 1.82) is 0 Å². The number of halogens is 1. The average molecular weight is 376 g/mol. The van der Waals surface area contributed by atoms with E-state index < -0.39 is 0 Å². The number of carbonyl (C=O) groups excluding carboxylic acids is 1. The quantitative estimate of drug-likeness (QED) is 0.474. The predicted octanol–water partition coefficient (Wildman–Crippen LogP) is 5.69. The number of nitrogens with one attached hydrogen (secondary N) is 1. The van der Waals surface area contributed by atoms with E-state index in [1.165, 1.54) is 11.1 Å². The van der Waals surface area contributed by atoms with Crippen LogP contribution in [0.1, 0.15) is 44.2 Å². The molecule has 1 amide bonds. The molecule has 0 aliphatic heterocycles. The summed E-state index contributed by atoms with van der Waals surface area (Å²) in [7, 11) is 0. The minimum absolute atomic E-state index is 0.0788. The van der Waals surface area contributed by atoms with E-state index in [1.54, 1.807) is 11.8 Å². The van der Waals surface area contributed by atoms with Gasteiger partial charge in [-0.25, -0.2) is 0 Å². The molecule has 0 bridgehead atoms. The molecule has 1 atom stereocenters. The zero-order valence-corrected chi connectivity index (χ0v) is 16.7. The Labute approximate surface area is 160 Å². The standard InChI is InChI=1S/C21H26ClNOS/c1-15(2)18-8-6-17(7-9-18)5-4-14-23-21(24)16(3)25-20-12-10-19(22)11-13-20/h6-13,15-16H,4-5,14H2,1-3H3,(H,23,24)/t16-/m1/s1. The highest BCUT2D eigenvalue weighted by molar-refractivity contribution is 8.00. The number of carbonyl (C=O) groups is 1. The summed E-state index contributed by atoms with van der Waals surface area (Å²) in [5.74, 6) is 0.642. The number of rotatable bonds is 8. The van der Waals surface area contributed by atoms with Crippen LogP contribution in [-0.2, 0) is 11.2 Å². The third-order valence-corrected chi connectivity index (χ3v) is 5.45. The Morgan fingerprint density at radius 3 is 2.28 bits per heavy atom. The van der Waals surface area contributed by atoms with Gasteiger partial charge in [-0.05, 0) is 61.1 Å². The number of hydrogen-bond acceptors (Lipinski definition) is 2. The second kappa shape index (κ2) is 9.88. The van der Waals surface area contributed by atoms with Crippen molar-refractivity contribution in [3.8, 4) is 0 Å². The maximum Gasteiger partial charge on any atom is 0.233 e. The number of aryl methyl sites for hydroxylation is 1. The highest BCUT2D eigenvalue weighted by Gasteiger charge is 2.13. The van der Waals surface area contributed by atoms with Gasteiger partial charge in [0.05, 0.1) is 5.25 Å². The molecule has 0 aliphatic carbocycles. The maximum absolute atomic E-state index is 12.2. The molecule has 2 rings (SSSR count). The summed E-state index contributed by atoms with van der Waals surface area (Å²) in [6.07, 6.45) is 1.93. The van der Waals surface area contributed by atoms with Gasteiger partial charge in [0.15, 0.2) is 0 Å². The average Bonchev–Trinajstić information content (AvgIpc) is 2.60. The van der Waals surface area contributed by atoms with Crippen molar-refractivity contribution in [2.75, 3.05) is 6.54 Å². The Hall–Kier alpha value is -1.45. The van der Waals surface area contributed by atoms with Crippen LogP contribution in [0.4, 0.5) is 0 Å². The lowest BCUT2D eigenvalue weighted by molar-refractivity contribution is -0.120. The number of hydrogen-bond donors (Lipinski definition) is 1. The molecular formula is C21H26ClNOS. The summed E-state index contributed by atoms with van der Waals surface area (Å²) in [6.45, 7) is 7.04. The van der Waals surface area contributed by atoms with Gasteiger partial charge < -0.3 is 5.32 Å². The van der Waals surface area contributed by atoms with E-state index in [1.807, 2.05) is 31.2 Å². The third kappa shape index (κ3) is 6.75. The second-order valence-corrected chi connectivity index (χ2v) is 8.36. The molecule has 0 aromatic heterocycles. The van der Waals surface area contributed by atoms with E-state index in [0.717, 1.165) is 17.7 Å². The van der Waals surface area contributed by atoms with Gasteiger partial charge in [0, 0.05) is 16.5 Å². The van der Waals surface area contributed by atoms with Crippen LogP contribution < -0.4 is 5.32 Å². The monoisotopic (exact) mass is 375 g/mol. The molecular weight excluding hydrogens is 350 g/mol. The van der Waals surface area contributed by atoms with Crippen molar-refractivity contribution in [2.45, 2.75) is 49.7 Å². The Kier molecular flexibility index (Phi) is 7.86. The summed E-state index contributed by atoms with van der Waals surface area (Å²) in [5, 5.41) is 3.62. The predicted molar refractivity (Wildman–Crippen MR) is 109 cm³/mol. The first-order valence-electron chi connectivity index (χ1n) is 8.74. The first-order chi connectivity index (χ1) is 12.0. The first-order valence-corrected chi connectivity index (χ1v) is 10.00. The van der Waals surface area contributed by atoms with E-state index in [9.17, 15) is 4.79 Å². The van der Waals surface area contributed by atoms with Crippen molar-refractivity contribution in [2.24, 2.45) is 0 Å². The van der Waals surface area contributed by atoms with Crippen LogP contribution in [0.3, 0.4) is 0 Å². The number of amides is 1. The van der Waals surface area contributed by atoms with Crippen LogP contribution in [0.5, 0.6) is 0 Å². The Bertz CT molecular complexity index is 667. The summed E-state index contributed by atoms with van der Waals surface area (Å²) in [4.78, 5) is 13.2. The normalized spacial score (nSPS) is 12.2. The summed E-state index contributed by atoms with van der Waals surface area (Å²) < 4.78 is 0. The van der Waals surface area contributed by atoms with Gasteiger partial charge in [-0.1, -0.05) is 49.7 Å². The number of thioether (sulfide) groups is 1. The molecule has 0 fully saturated rings. The van der Waals surface area contributed by atoms with Crippen LogP contribution >= 0.6 is 23.4 Å². The highest BCUT2D eigenvalue weighted by atomic mass is 35.5. The molecule has 25 heavy (non-hydrogen) atoms. The van der Waals surface area contributed by atoms with Crippen molar-refractivity contribution >= 4 is 29.3 Å². The van der Waals surface area contributed by atoms with E-state index >= 15 is 0 Å². The van der Waals surface area contributed by atoms with E-state index in [4.69, 9.17) is 11.6 Å². The molecule has 0 heterocycles. The van der Waals surface area contributed by atoms with Crippen molar-refractivity contribution in [3.05, 3.63) is 64.7 Å². The summed E-state index contributed by atoms with van der Waals surface area (Å²) in [6, 6.07) is 16.4. The third-order valence-electron chi connectivity index (χ3n) is 4.08. The molecule has 2 aromatic carbocycles. The van der Waals surface area contributed by atoms with Gasteiger partial charge in [-0.2, -0.15) is 0 Å². The minimum atomic E-state index is -0.119. The molecule has 0 saturated heterocycles. The molecule has 2 nitrogen and oxygen atoms in total. The van der Waals surface area contributed by atoms with E-state index in [-0.39, 0.29) is 11.2 Å². The number of benzene rings is 2. The Morgan fingerprint density at radius 1 is 1.04 bits per heavy atom. The fourth-order valence-electron chi connectivity index (χ4n) is 2.49. The van der Waals surface area contributed by atoms with Crippen molar-refractivity contribution in [1.82, 2.24) is 5.32 Å². The molecule has 134 valence electrons. The molecule has 0 spiro atoms. The minimum Gasteiger partial charge on any atom is -0.355 e. The molecule has 0 unspecified atom stereocenters. The Morgan fingerprint density at radius 2 is 1.68 bits per heavy atom. The Balaban J connectivity index is 1.69. The maximum atomic E-state index is 12.2. The fourth-order valence-corrected chi connectivity index (χ4v) is 3.51. The van der Waals surface area contributed by atoms with Crippen LogP contribution in [0.15, 0.2) is 53.4 Å². The molecule has 2 aromatic rings. The SMILES string of the molecule is CC(C)c1ccc(CCCNC(=O)[C@@H](C)Sc2ccc(Cl)cc2)cc1. The van der Waals surface area contributed by atoms with Crippen molar-refractivity contribution < 1.29 is 4.79 Å². The molecule has 4 heteroatoms. The largest absolute Gasteiger partial charge is 0.355 e. The lowest BCUT2D eigenvalue weighted by Gasteiger charge is -2.12. The zero-order chi connectivity index (χ0) is 18.2. The van der Waals surface area contributed by atoms with Crippen LogP contribution in [0.2, 0.25) is 5.02 Å². The van der Waals surface area contributed by atoms with Gasteiger partial charge in [0.25, 0.3) is 0 Å². The summed E-state index contributed by atoms with van der Waals surface area (Å²) in [5.41, 5.74) is 2.69.